The van der Waals surface area contributed by atoms with E-state index in [0.717, 1.165) is 32.1 Å². The third kappa shape index (κ3) is 5.45. The lowest BCUT2D eigenvalue weighted by Crippen LogP contribution is -2.21. The Bertz CT molecular complexity index is 1270. The zero-order chi connectivity index (χ0) is 24.3. The van der Waals surface area contributed by atoms with E-state index in [1.807, 2.05) is 6.92 Å². The molecular weight excluding hydrogens is 454 g/mol. The molecule has 1 aliphatic rings. The number of amides is 1. The van der Waals surface area contributed by atoms with Gasteiger partial charge in [0, 0.05) is 22.4 Å². The molecule has 1 aromatic heterocycles. The second kappa shape index (κ2) is 9.55. The highest BCUT2D eigenvalue weighted by atomic mass is 32.2. The van der Waals surface area contributed by atoms with E-state index in [1.165, 1.54) is 12.1 Å². The molecule has 0 saturated heterocycles. The summed E-state index contributed by atoms with van der Waals surface area (Å²) in [4.78, 5) is 16.6. The highest BCUT2D eigenvalue weighted by Crippen LogP contribution is 2.45. The molecule has 1 atom stereocenters. The smallest absolute Gasteiger partial charge is 0.261 e. The van der Waals surface area contributed by atoms with Crippen molar-refractivity contribution in [1.82, 2.24) is 10.1 Å². The Balaban J connectivity index is 1.45. The van der Waals surface area contributed by atoms with Crippen LogP contribution in [0.2, 0.25) is 0 Å². The van der Waals surface area contributed by atoms with Gasteiger partial charge in [0.1, 0.15) is 0 Å². The van der Waals surface area contributed by atoms with Crippen LogP contribution in [0.5, 0.6) is 0 Å². The Hall–Kier alpha value is -3.24. The number of sulfonamides is 1. The molecule has 10 heteroatoms. The van der Waals surface area contributed by atoms with Crippen molar-refractivity contribution in [3.63, 3.8) is 0 Å². The van der Waals surface area contributed by atoms with Gasteiger partial charge in [-0.3, -0.25) is 9.52 Å². The number of hydrogen-bond acceptors (Lipinski definition) is 7. The van der Waals surface area contributed by atoms with Gasteiger partial charge in [0.15, 0.2) is 0 Å². The summed E-state index contributed by atoms with van der Waals surface area (Å²) in [5, 5.41) is 6.83. The van der Waals surface area contributed by atoms with E-state index in [0.29, 0.717) is 22.8 Å². The molecule has 0 aliphatic heterocycles. The standard InChI is InChI=1S/C24H29N5O4S/c1-3-4-8-20(25)22-27-21(28-33-22)16-6-5-7-19(15-16)34(31,32)29-18-11-9-17(10-12-18)26-23(30)24(2)13-14-24/h5-7,9-12,15,20,29H,3-4,8,13-14,25H2,1-2H3,(H,26,30)/t20-/m0/s1. The Morgan fingerprint density at radius 3 is 2.56 bits per heavy atom. The summed E-state index contributed by atoms with van der Waals surface area (Å²) >= 11 is 0. The molecule has 0 radical (unpaired) electrons. The van der Waals surface area contributed by atoms with E-state index in [4.69, 9.17) is 10.3 Å². The molecule has 4 N–H and O–H groups in total. The maximum absolute atomic E-state index is 13.0. The van der Waals surface area contributed by atoms with Gasteiger partial charge in [0.2, 0.25) is 17.6 Å². The minimum atomic E-state index is -3.86. The maximum Gasteiger partial charge on any atom is 0.261 e. The second-order valence-electron chi connectivity index (χ2n) is 8.93. The third-order valence-electron chi connectivity index (χ3n) is 5.97. The van der Waals surface area contributed by atoms with Gasteiger partial charge in [-0.2, -0.15) is 4.98 Å². The van der Waals surface area contributed by atoms with Gasteiger partial charge in [-0.25, -0.2) is 8.42 Å². The van der Waals surface area contributed by atoms with Crippen molar-refractivity contribution >= 4 is 27.3 Å². The van der Waals surface area contributed by atoms with Crippen LogP contribution in [0.15, 0.2) is 57.9 Å². The van der Waals surface area contributed by atoms with Crippen LogP contribution in [0.4, 0.5) is 11.4 Å². The zero-order valence-corrected chi connectivity index (χ0v) is 20.1. The molecule has 3 aromatic rings. The van der Waals surface area contributed by atoms with Gasteiger partial charge >= 0.3 is 0 Å². The molecular formula is C24H29N5O4S. The Morgan fingerprint density at radius 1 is 1.18 bits per heavy atom. The predicted octanol–water partition coefficient (Wildman–Crippen LogP) is 4.47. The van der Waals surface area contributed by atoms with E-state index in [9.17, 15) is 13.2 Å². The quantitative estimate of drug-likeness (QED) is 0.386. The summed E-state index contributed by atoms with van der Waals surface area (Å²) in [5.41, 5.74) is 7.31. The van der Waals surface area contributed by atoms with E-state index < -0.39 is 10.0 Å². The van der Waals surface area contributed by atoms with Crippen molar-refractivity contribution in [1.29, 1.82) is 0 Å². The second-order valence-corrected chi connectivity index (χ2v) is 10.6. The number of aromatic nitrogens is 2. The van der Waals surface area contributed by atoms with Crippen LogP contribution in [-0.4, -0.2) is 24.5 Å². The molecule has 1 heterocycles. The molecule has 1 amide bonds. The van der Waals surface area contributed by atoms with Crippen molar-refractivity contribution in [3.05, 3.63) is 54.4 Å². The van der Waals surface area contributed by atoms with Crippen LogP contribution in [0.25, 0.3) is 11.4 Å². The maximum atomic E-state index is 13.0. The molecule has 9 nitrogen and oxygen atoms in total. The largest absolute Gasteiger partial charge is 0.337 e. The molecule has 1 fully saturated rings. The average molecular weight is 484 g/mol. The summed E-state index contributed by atoms with van der Waals surface area (Å²) in [7, 11) is -3.86. The molecule has 2 aromatic carbocycles. The number of rotatable bonds is 10. The average Bonchev–Trinajstić information content (AvgIpc) is 3.39. The minimum Gasteiger partial charge on any atom is -0.337 e. The van der Waals surface area contributed by atoms with E-state index in [-0.39, 0.29) is 28.1 Å². The number of carbonyl (C=O) groups excluding carboxylic acids is 1. The minimum absolute atomic E-state index is 0.0198. The lowest BCUT2D eigenvalue weighted by atomic mass is 10.1. The number of nitrogens with two attached hydrogens (primary N) is 1. The monoisotopic (exact) mass is 483 g/mol. The van der Waals surface area contributed by atoms with Gasteiger partial charge in [-0.05, 0) is 55.7 Å². The number of carbonyl (C=O) groups is 1. The highest BCUT2D eigenvalue weighted by Gasteiger charge is 2.44. The molecule has 1 saturated carbocycles. The number of hydrogen-bond donors (Lipinski definition) is 3. The number of nitrogens with zero attached hydrogens (tertiary/aromatic N) is 2. The molecule has 34 heavy (non-hydrogen) atoms. The van der Waals surface area contributed by atoms with Crippen LogP contribution in [0, 0.1) is 5.41 Å². The van der Waals surface area contributed by atoms with Crippen LogP contribution < -0.4 is 15.8 Å². The molecule has 0 spiro atoms. The topological polar surface area (TPSA) is 140 Å². The highest BCUT2D eigenvalue weighted by molar-refractivity contribution is 7.92. The first-order valence-electron chi connectivity index (χ1n) is 11.3. The number of anilines is 2. The van der Waals surface area contributed by atoms with Crippen LogP contribution in [-0.2, 0) is 14.8 Å². The summed E-state index contributed by atoms with van der Waals surface area (Å²) < 4.78 is 33.7. The van der Waals surface area contributed by atoms with Gasteiger partial charge in [0.05, 0.1) is 10.9 Å². The van der Waals surface area contributed by atoms with Crippen molar-refractivity contribution in [2.45, 2.75) is 56.9 Å². The van der Waals surface area contributed by atoms with Crippen molar-refractivity contribution < 1.29 is 17.7 Å². The Labute approximate surface area is 199 Å². The number of unbranched alkanes of at least 4 members (excludes halogenated alkanes) is 1. The van der Waals surface area contributed by atoms with Crippen molar-refractivity contribution in [2.24, 2.45) is 11.1 Å². The van der Waals surface area contributed by atoms with E-state index >= 15 is 0 Å². The third-order valence-corrected chi connectivity index (χ3v) is 7.35. The number of benzene rings is 2. The molecule has 0 bridgehead atoms. The van der Waals surface area contributed by atoms with E-state index in [1.54, 1.807) is 36.4 Å². The zero-order valence-electron chi connectivity index (χ0n) is 19.2. The summed E-state index contributed by atoms with van der Waals surface area (Å²) in [5.74, 6) is 0.592. The van der Waals surface area contributed by atoms with Crippen LogP contribution >= 0.6 is 0 Å². The molecule has 4 rings (SSSR count). The van der Waals surface area contributed by atoms with Gasteiger partial charge in [-0.1, -0.05) is 44.0 Å². The summed E-state index contributed by atoms with van der Waals surface area (Å²) in [6, 6.07) is 12.5. The van der Waals surface area contributed by atoms with Gasteiger partial charge in [-0.15, -0.1) is 0 Å². The van der Waals surface area contributed by atoms with Gasteiger partial charge < -0.3 is 15.6 Å². The summed E-state index contributed by atoms with van der Waals surface area (Å²) in [6.45, 7) is 4.00. The fourth-order valence-electron chi connectivity index (χ4n) is 3.39. The van der Waals surface area contributed by atoms with Crippen molar-refractivity contribution in [3.8, 4) is 11.4 Å². The Kier molecular flexibility index (Phi) is 6.72. The molecule has 0 unspecified atom stereocenters. The first-order valence-corrected chi connectivity index (χ1v) is 12.8. The van der Waals surface area contributed by atoms with Gasteiger partial charge in [0.25, 0.3) is 10.0 Å². The predicted molar refractivity (Wildman–Crippen MR) is 129 cm³/mol. The fraction of sp³-hybridized carbons (Fsp3) is 0.375. The van der Waals surface area contributed by atoms with Crippen LogP contribution in [0.3, 0.4) is 0 Å². The van der Waals surface area contributed by atoms with Crippen LogP contribution in [0.1, 0.15) is 57.9 Å². The number of nitrogens with one attached hydrogen (secondary N) is 2. The SMILES string of the molecule is CCCC[C@H](N)c1nc(-c2cccc(S(=O)(=O)Nc3ccc(NC(=O)C4(C)CC4)cc3)c2)no1. The fourth-order valence-corrected chi connectivity index (χ4v) is 4.49. The lowest BCUT2D eigenvalue weighted by Gasteiger charge is -2.12. The van der Waals surface area contributed by atoms with E-state index in [2.05, 4.69) is 27.1 Å². The lowest BCUT2D eigenvalue weighted by molar-refractivity contribution is -0.120. The van der Waals surface area contributed by atoms with Crippen molar-refractivity contribution in [2.75, 3.05) is 10.0 Å². The first kappa shape index (κ1) is 23.9. The normalized spacial score (nSPS) is 15.5. The Morgan fingerprint density at radius 2 is 1.88 bits per heavy atom. The molecule has 180 valence electrons. The first-order chi connectivity index (χ1) is 16.2. The molecule has 1 aliphatic carbocycles. The summed E-state index contributed by atoms with van der Waals surface area (Å²) in [6.07, 6.45) is 4.46.